The Morgan fingerprint density at radius 1 is 1.00 bits per heavy atom. The van der Waals surface area contributed by atoms with Crippen LogP contribution in [0.1, 0.15) is 39.5 Å². The Morgan fingerprint density at radius 2 is 1.40 bits per heavy atom. The molecule has 0 atom stereocenters. The van der Waals surface area contributed by atoms with Crippen molar-refractivity contribution in [2.75, 3.05) is 12.3 Å². The molecular weight excluding hydrogens is 143 g/mol. The van der Waals surface area contributed by atoms with E-state index >= 15 is 0 Å². The SMILES string of the molecule is CCCC[P+](=O)CCCC. The number of hydrogen-bond acceptors (Lipinski definition) is 1. The zero-order valence-corrected chi connectivity index (χ0v) is 7.99. The molecule has 0 bridgehead atoms. The summed E-state index contributed by atoms with van der Waals surface area (Å²) in [5.74, 6) is 0. The third-order valence-electron chi connectivity index (χ3n) is 1.52. The normalized spacial score (nSPS) is 9.80. The lowest BCUT2D eigenvalue weighted by atomic mass is 10.4. The van der Waals surface area contributed by atoms with E-state index in [0.717, 1.165) is 25.2 Å². The molecular formula is C8H18OP+. The summed E-state index contributed by atoms with van der Waals surface area (Å²) in [5.41, 5.74) is 0. The van der Waals surface area contributed by atoms with Gasteiger partial charge >= 0.3 is 7.80 Å². The van der Waals surface area contributed by atoms with E-state index in [2.05, 4.69) is 13.8 Å². The zero-order chi connectivity index (χ0) is 7.82. The molecule has 0 saturated heterocycles. The molecule has 0 rings (SSSR count). The number of hydrogen-bond donors (Lipinski definition) is 0. The summed E-state index contributed by atoms with van der Waals surface area (Å²) in [4.78, 5) is 0. The van der Waals surface area contributed by atoms with Crippen molar-refractivity contribution in [3.8, 4) is 0 Å². The lowest BCUT2D eigenvalue weighted by Gasteiger charge is -1.86. The summed E-state index contributed by atoms with van der Waals surface area (Å²) in [6.07, 6.45) is 6.52. The van der Waals surface area contributed by atoms with Crippen LogP contribution in [0.25, 0.3) is 0 Å². The fourth-order valence-corrected chi connectivity index (χ4v) is 2.34. The van der Waals surface area contributed by atoms with Gasteiger partial charge in [-0.05, 0) is 12.8 Å². The molecule has 0 saturated carbocycles. The van der Waals surface area contributed by atoms with Crippen LogP contribution in [0, 0.1) is 0 Å². The Morgan fingerprint density at radius 3 is 1.70 bits per heavy atom. The average Bonchev–Trinajstić information content (AvgIpc) is 1.97. The minimum absolute atomic E-state index is 0.842. The summed E-state index contributed by atoms with van der Waals surface area (Å²) in [5, 5.41) is 0. The topological polar surface area (TPSA) is 17.1 Å². The van der Waals surface area contributed by atoms with Gasteiger partial charge in [0.15, 0.2) is 0 Å². The molecule has 0 aromatic heterocycles. The van der Waals surface area contributed by atoms with Gasteiger partial charge in [0.25, 0.3) is 0 Å². The maximum absolute atomic E-state index is 11.1. The van der Waals surface area contributed by atoms with Crippen LogP contribution in [0.5, 0.6) is 0 Å². The van der Waals surface area contributed by atoms with E-state index in [9.17, 15) is 4.57 Å². The van der Waals surface area contributed by atoms with Crippen molar-refractivity contribution in [2.24, 2.45) is 0 Å². The Kier molecular flexibility index (Phi) is 7.28. The molecule has 0 N–H and O–H groups in total. The van der Waals surface area contributed by atoms with Crippen LogP contribution < -0.4 is 0 Å². The molecule has 0 aliphatic carbocycles. The maximum Gasteiger partial charge on any atom is 0.338 e. The summed E-state index contributed by atoms with van der Waals surface area (Å²) < 4.78 is 11.1. The van der Waals surface area contributed by atoms with Gasteiger partial charge in [0, 0.05) is 0 Å². The predicted molar refractivity (Wildman–Crippen MR) is 47.2 cm³/mol. The van der Waals surface area contributed by atoms with Gasteiger partial charge in [-0.3, -0.25) is 0 Å². The monoisotopic (exact) mass is 161 g/mol. The van der Waals surface area contributed by atoms with Crippen molar-refractivity contribution in [3.63, 3.8) is 0 Å². The van der Waals surface area contributed by atoms with Crippen LogP contribution in [-0.2, 0) is 4.57 Å². The lowest BCUT2D eigenvalue weighted by Crippen LogP contribution is -1.82. The standard InChI is InChI=1S/C8H18OP/c1-3-5-7-10(9)8-6-4-2/h3-8H2,1-2H3/q+1. The van der Waals surface area contributed by atoms with Gasteiger partial charge in [0.1, 0.15) is 12.3 Å². The molecule has 1 nitrogen and oxygen atoms in total. The summed E-state index contributed by atoms with van der Waals surface area (Å²) in [6.45, 7) is 4.28. The van der Waals surface area contributed by atoms with E-state index < -0.39 is 7.80 Å². The van der Waals surface area contributed by atoms with Crippen molar-refractivity contribution in [1.29, 1.82) is 0 Å². The Labute approximate surface area is 65.0 Å². The maximum atomic E-state index is 11.1. The highest BCUT2D eigenvalue weighted by atomic mass is 31.1. The van der Waals surface area contributed by atoms with Gasteiger partial charge in [-0.15, -0.1) is 0 Å². The molecule has 10 heavy (non-hydrogen) atoms. The number of rotatable bonds is 6. The average molecular weight is 161 g/mol. The van der Waals surface area contributed by atoms with Crippen LogP contribution in [-0.4, -0.2) is 12.3 Å². The van der Waals surface area contributed by atoms with E-state index in [0.29, 0.717) is 0 Å². The van der Waals surface area contributed by atoms with Gasteiger partial charge in [0.05, 0.1) is 0 Å². The summed E-state index contributed by atoms with van der Waals surface area (Å²) in [7, 11) is -0.842. The van der Waals surface area contributed by atoms with Crippen molar-refractivity contribution in [2.45, 2.75) is 39.5 Å². The van der Waals surface area contributed by atoms with E-state index in [1.807, 2.05) is 0 Å². The zero-order valence-electron chi connectivity index (χ0n) is 7.10. The molecule has 0 unspecified atom stereocenters. The van der Waals surface area contributed by atoms with E-state index in [4.69, 9.17) is 0 Å². The second kappa shape index (κ2) is 7.21. The molecule has 0 aliphatic rings. The first-order chi connectivity index (χ1) is 4.81. The minimum atomic E-state index is -0.842. The van der Waals surface area contributed by atoms with Crippen LogP contribution in [0.15, 0.2) is 0 Å². The second-order valence-corrected chi connectivity index (χ2v) is 4.49. The summed E-state index contributed by atoms with van der Waals surface area (Å²) >= 11 is 0. The molecule has 0 heterocycles. The fourth-order valence-electron chi connectivity index (χ4n) is 0.781. The van der Waals surface area contributed by atoms with E-state index in [1.54, 1.807) is 0 Å². The van der Waals surface area contributed by atoms with Gasteiger partial charge in [-0.1, -0.05) is 31.3 Å². The molecule has 0 aliphatic heterocycles. The van der Waals surface area contributed by atoms with Gasteiger partial charge < -0.3 is 0 Å². The van der Waals surface area contributed by atoms with Gasteiger partial charge in [-0.25, -0.2) is 0 Å². The molecule has 0 aromatic rings. The Bertz CT molecular complexity index is 81.3. The third kappa shape index (κ3) is 6.22. The summed E-state index contributed by atoms with van der Waals surface area (Å²) in [6, 6.07) is 0. The highest BCUT2D eigenvalue weighted by Gasteiger charge is 2.11. The smallest absolute Gasteiger partial charge is 0.0748 e. The van der Waals surface area contributed by atoms with Crippen LogP contribution in [0.3, 0.4) is 0 Å². The molecule has 0 spiro atoms. The molecule has 0 amide bonds. The molecule has 60 valence electrons. The molecule has 0 radical (unpaired) electrons. The molecule has 0 aromatic carbocycles. The second-order valence-electron chi connectivity index (χ2n) is 2.64. The minimum Gasteiger partial charge on any atom is -0.0748 e. The quantitative estimate of drug-likeness (QED) is 0.545. The Hall–Kier alpha value is 0.100. The highest BCUT2D eigenvalue weighted by Crippen LogP contribution is 2.23. The molecule has 0 fully saturated rings. The first kappa shape index (κ1) is 10.1. The predicted octanol–water partition coefficient (Wildman–Crippen LogP) is 3.41. The van der Waals surface area contributed by atoms with Crippen LogP contribution in [0.4, 0.5) is 0 Å². The van der Waals surface area contributed by atoms with Gasteiger partial charge in [-0.2, -0.15) is 0 Å². The largest absolute Gasteiger partial charge is 0.338 e. The number of unbranched alkanes of at least 4 members (excludes halogenated alkanes) is 2. The van der Waals surface area contributed by atoms with Crippen LogP contribution in [0.2, 0.25) is 0 Å². The van der Waals surface area contributed by atoms with E-state index in [1.165, 1.54) is 12.8 Å². The fraction of sp³-hybridized carbons (Fsp3) is 1.00. The van der Waals surface area contributed by atoms with E-state index in [-0.39, 0.29) is 0 Å². The third-order valence-corrected chi connectivity index (χ3v) is 3.15. The van der Waals surface area contributed by atoms with Crippen molar-refractivity contribution < 1.29 is 4.57 Å². The molecule has 2 heteroatoms. The van der Waals surface area contributed by atoms with Crippen molar-refractivity contribution >= 4 is 7.80 Å². The Balaban J connectivity index is 3.09. The lowest BCUT2D eigenvalue weighted by molar-refractivity contribution is 0.584. The van der Waals surface area contributed by atoms with Crippen LogP contribution >= 0.6 is 7.80 Å². The highest BCUT2D eigenvalue weighted by molar-refractivity contribution is 7.44. The van der Waals surface area contributed by atoms with Gasteiger partial charge in [0.2, 0.25) is 0 Å². The van der Waals surface area contributed by atoms with Crippen molar-refractivity contribution in [3.05, 3.63) is 0 Å². The first-order valence-corrected chi connectivity index (χ1v) is 5.86. The van der Waals surface area contributed by atoms with Crippen molar-refractivity contribution in [1.82, 2.24) is 0 Å². The first-order valence-electron chi connectivity index (χ1n) is 4.23.